The fraction of sp³-hybridized carbons (Fsp3) is 0.400. The van der Waals surface area contributed by atoms with Crippen LogP contribution in [0.5, 0.6) is 0 Å². The molecule has 0 saturated carbocycles. The lowest BCUT2D eigenvalue weighted by Gasteiger charge is -1.96. The van der Waals surface area contributed by atoms with Gasteiger partial charge in [-0.25, -0.2) is 9.97 Å². The Bertz CT molecular complexity index is 477. The minimum atomic E-state index is 0.487. The van der Waals surface area contributed by atoms with Crippen LogP contribution in [-0.4, -0.2) is 21.6 Å². The second kappa shape index (κ2) is 4.73. The monoisotopic (exact) mass is 238 g/mol. The number of methoxy groups -OCH3 is 1. The number of hydrogen-bond acceptors (Lipinski definition) is 5. The minimum absolute atomic E-state index is 0.487. The molecule has 0 aliphatic rings. The normalized spacial score (nSPS) is 10.9. The third kappa shape index (κ3) is 1.99. The topological polar surface area (TPSA) is 66.0 Å². The number of thiazole rings is 1. The first kappa shape index (κ1) is 11.3. The number of imidazole rings is 1. The summed E-state index contributed by atoms with van der Waals surface area (Å²) in [5.74, 6) is 0.863. The number of nitrogens with zero attached hydrogens (tertiary/aromatic N) is 3. The zero-order valence-corrected chi connectivity index (χ0v) is 10.1. The third-order valence-electron chi connectivity index (χ3n) is 2.26. The summed E-state index contributed by atoms with van der Waals surface area (Å²) in [6.45, 7) is 0.980. The van der Waals surface area contributed by atoms with Crippen LogP contribution < -0.4 is 5.73 Å². The molecule has 2 aromatic heterocycles. The van der Waals surface area contributed by atoms with E-state index in [1.165, 1.54) is 0 Å². The van der Waals surface area contributed by atoms with Crippen molar-refractivity contribution in [1.29, 1.82) is 0 Å². The van der Waals surface area contributed by atoms with Gasteiger partial charge in [0.2, 0.25) is 0 Å². The first-order valence-electron chi connectivity index (χ1n) is 4.91. The quantitative estimate of drug-likeness (QED) is 0.867. The van der Waals surface area contributed by atoms with E-state index in [1.54, 1.807) is 24.6 Å². The van der Waals surface area contributed by atoms with Crippen molar-refractivity contribution in [3.05, 3.63) is 23.0 Å². The van der Waals surface area contributed by atoms with E-state index in [-0.39, 0.29) is 0 Å². The van der Waals surface area contributed by atoms with Crippen molar-refractivity contribution in [2.75, 3.05) is 7.11 Å². The molecular formula is C10H14N4OS. The first-order valence-corrected chi connectivity index (χ1v) is 5.73. The molecule has 0 bridgehead atoms. The SMILES string of the molecule is COCc1nc(-c2nccn2C)sc1CN. The molecule has 0 fully saturated rings. The van der Waals surface area contributed by atoms with Crippen molar-refractivity contribution in [2.24, 2.45) is 12.8 Å². The van der Waals surface area contributed by atoms with E-state index >= 15 is 0 Å². The van der Waals surface area contributed by atoms with E-state index in [0.29, 0.717) is 13.2 Å². The van der Waals surface area contributed by atoms with Crippen LogP contribution in [0.25, 0.3) is 10.8 Å². The van der Waals surface area contributed by atoms with Crippen LogP contribution in [-0.2, 0) is 24.9 Å². The van der Waals surface area contributed by atoms with Crippen LogP contribution in [0.1, 0.15) is 10.6 Å². The van der Waals surface area contributed by atoms with Crippen LogP contribution in [0.4, 0.5) is 0 Å². The number of hydrogen-bond donors (Lipinski definition) is 1. The largest absolute Gasteiger partial charge is 0.378 e. The van der Waals surface area contributed by atoms with Gasteiger partial charge < -0.3 is 15.0 Å². The van der Waals surface area contributed by atoms with Crippen LogP contribution >= 0.6 is 11.3 Å². The maximum Gasteiger partial charge on any atom is 0.168 e. The van der Waals surface area contributed by atoms with Crippen molar-refractivity contribution in [3.63, 3.8) is 0 Å². The minimum Gasteiger partial charge on any atom is -0.378 e. The van der Waals surface area contributed by atoms with E-state index in [9.17, 15) is 0 Å². The number of aromatic nitrogens is 3. The zero-order chi connectivity index (χ0) is 11.5. The summed E-state index contributed by atoms with van der Waals surface area (Å²) in [5, 5.41) is 0.889. The second-order valence-electron chi connectivity index (χ2n) is 3.39. The van der Waals surface area contributed by atoms with Gasteiger partial charge in [0.25, 0.3) is 0 Å². The van der Waals surface area contributed by atoms with Crippen molar-refractivity contribution >= 4 is 11.3 Å². The standard InChI is InChI=1S/C10H14N4OS/c1-14-4-3-12-9(14)10-13-7(6-15-2)8(5-11)16-10/h3-4H,5-6,11H2,1-2H3. The molecule has 6 heteroatoms. The predicted molar refractivity (Wildman–Crippen MR) is 62.9 cm³/mol. The number of ether oxygens (including phenoxy) is 1. The molecule has 86 valence electrons. The maximum absolute atomic E-state index is 5.67. The van der Waals surface area contributed by atoms with Gasteiger partial charge in [0.15, 0.2) is 10.8 Å². The van der Waals surface area contributed by atoms with E-state index in [1.807, 2.05) is 17.8 Å². The maximum atomic E-state index is 5.67. The Labute approximate surface area is 97.9 Å². The van der Waals surface area contributed by atoms with Gasteiger partial charge in [0.1, 0.15) is 0 Å². The highest BCUT2D eigenvalue weighted by Gasteiger charge is 2.13. The summed E-state index contributed by atoms with van der Waals surface area (Å²) in [7, 11) is 3.60. The molecule has 0 radical (unpaired) electrons. The average Bonchev–Trinajstić information content (AvgIpc) is 2.85. The smallest absolute Gasteiger partial charge is 0.168 e. The molecule has 0 saturated heterocycles. The van der Waals surface area contributed by atoms with Crippen molar-refractivity contribution in [2.45, 2.75) is 13.2 Å². The summed E-state index contributed by atoms with van der Waals surface area (Å²) in [4.78, 5) is 9.82. The fourth-order valence-corrected chi connectivity index (χ4v) is 2.44. The van der Waals surface area contributed by atoms with Gasteiger partial charge in [-0.15, -0.1) is 11.3 Å². The van der Waals surface area contributed by atoms with Gasteiger partial charge in [-0.2, -0.15) is 0 Å². The Balaban J connectivity index is 2.39. The Morgan fingerprint density at radius 2 is 2.38 bits per heavy atom. The molecule has 2 rings (SSSR count). The number of aryl methyl sites for hydroxylation is 1. The van der Waals surface area contributed by atoms with E-state index < -0.39 is 0 Å². The predicted octanol–water partition coefficient (Wildman–Crippen LogP) is 1.15. The highest BCUT2D eigenvalue weighted by atomic mass is 32.1. The van der Waals surface area contributed by atoms with Crippen molar-refractivity contribution < 1.29 is 4.74 Å². The van der Waals surface area contributed by atoms with Gasteiger partial charge >= 0.3 is 0 Å². The Kier molecular flexibility index (Phi) is 3.33. The van der Waals surface area contributed by atoms with Gasteiger partial charge in [0.05, 0.1) is 12.3 Å². The van der Waals surface area contributed by atoms with Crippen LogP contribution in [0, 0.1) is 0 Å². The lowest BCUT2D eigenvalue weighted by Crippen LogP contribution is -1.99. The molecule has 2 aromatic rings. The molecule has 0 atom stereocenters. The molecular weight excluding hydrogens is 224 g/mol. The molecule has 0 aromatic carbocycles. The summed E-state index contributed by atoms with van der Waals surface area (Å²) in [6, 6.07) is 0. The van der Waals surface area contributed by atoms with E-state index in [0.717, 1.165) is 21.4 Å². The highest BCUT2D eigenvalue weighted by Crippen LogP contribution is 2.26. The molecule has 0 spiro atoms. The lowest BCUT2D eigenvalue weighted by molar-refractivity contribution is 0.181. The second-order valence-corrected chi connectivity index (χ2v) is 4.47. The lowest BCUT2D eigenvalue weighted by atomic mass is 10.4. The summed E-state index contributed by atoms with van der Waals surface area (Å²) >= 11 is 1.57. The average molecular weight is 238 g/mol. The molecule has 0 aliphatic heterocycles. The van der Waals surface area contributed by atoms with Crippen molar-refractivity contribution in [1.82, 2.24) is 14.5 Å². The van der Waals surface area contributed by atoms with Crippen LogP contribution in [0.15, 0.2) is 12.4 Å². The fourth-order valence-electron chi connectivity index (χ4n) is 1.46. The first-order chi connectivity index (χ1) is 7.76. The summed E-state index contributed by atoms with van der Waals surface area (Å²) in [6.07, 6.45) is 3.66. The zero-order valence-electron chi connectivity index (χ0n) is 9.30. The number of nitrogens with two attached hydrogens (primary N) is 1. The molecule has 5 nitrogen and oxygen atoms in total. The van der Waals surface area contributed by atoms with E-state index in [2.05, 4.69) is 9.97 Å². The molecule has 2 heterocycles. The van der Waals surface area contributed by atoms with E-state index in [4.69, 9.17) is 10.5 Å². The molecule has 0 aliphatic carbocycles. The van der Waals surface area contributed by atoms with Gasteiger partial charge in [-0.3, -0.25) is 0 Å². The van der Waals surface area contributed by atoms with Crippen LogP contribution in [0.2, 0.25) is 0 Å². The summed E-state index contributed by atoms with van der Waals surface area (Å²) in [5.41, 5.74) is 6.58. The van der Waals surface area contributed by atoms with Crippen molar-refractivity contribution in [3.8, 4) is 10.8 Å². The highest BCUT2D eigenvalue weighted by molar-refractivity contribution is 7.15. The third-order valence-corrected chi connectivity index (χ3v) is 3.37. The molecule has 16 heavy (non-hydrogen) atoms. The molecule has 2 N–H and O–H groups in total. The summed E-state index contributed by atoms with van der Waals surface area (Å²) < 4.78 is 7.03. The van der Waals surface area contributed by atoms with Gasteiger partial charge in [-0.05, 0) is 0 Å². The Morgan fingerprint density at radius 3 is 2.94 bits per heavy atom. The molecule has 0 unspecified atom stereocenters. The number of rotatable bonds is 4. The van der Waals surface area contributed by atoms with Crippen LogP contribution in [0.3, 0.4) is 0 Å². The van der Waals surface area contributed by atoms with Gasteiger partial charge in [0, 0.05) is 38.0 Å². The Hall–Kier alpha value is -1.24. The van der Waals surface area contributed by atoms with Gasteiger partial charge in [-0.1, -0.05) is 0 Å². The molecule has 0 amide bonds. The Morgan fingerprint density at radius 1 is 1.56 bits per heavy atom.